The number of aliphatic imine (C=N–C) groups is 1. The molecule has 5 nitrogen and oxygen atoms in total. The van der Waals surface area contributed by atoms with Crippen molar-refractivity contribution < 1.29 is 0 Å². The molecule has 0 saturated heterocycles. The number of rotatable bonds is 2. The number of nitrogens with zero attached hydrogens (tertiary/aromatic N) is 2. The summed E-state index contributed by atoms with van der Waals surface area (Å²) in [5.74, 6) is -0.0573. The highest BCUT2D eigenvalue weighted by atomic mass is 35.5. The Kier molecular flexibility index (Phi) is 5.95. The topological polar surface area (TPSA) is 91.5 Å². The molecule has 0 atom stereocenters. The predicted molar refractivity (Wildman–Crippen MR) is 70.2 cm³/mol. The SMILES string of the molecule is CCN(C(=N)N=C(N)N)c1ccccc1.Cl. The fourth-order valence-corrected chi connectivity index (χ4v) is 1.25. The Balaban J connectivity index is 0.00000225. The summed E-state index contributed by atoms with van der Waals surface area (Å²) in [5, 5.41) is 7.69. The number of anilines is 1. The maximum absolute atomic E-state index is 7.69. The third-order valence-corrected chi connectivity index (χ3v) is 1.87. The molecule has 0 saturated carbocycles. The molecule has 1 rings (SSSR count). The van der Waals surface area contributed by atoms with Gasteiger partial charge < -0.3 is 16.4 Å². The molecule has 1 aromatic rings. The molecule has 0 radical (unpaired) electrons. The molecule has 0 aliphatic rings. The molecular weight excluding hydrogens is 226 g/mol. The van der Waals surface area contributed by atoms with Crippen LogP contribution in [-0.2, 0) is 0 Å². The van der Waals surface area contributed by atoms with Crippen molar-refractivity contribution in [3.05, 3.63) is 30.3 Å². The van der Waals surface area contributed by atoms with Crippen molar-refractivity contribution >= 4 is 30.0 Å². The largest absolute Gasteiger partial charge is 0.370 e. The first-order chi connectivity index (χ1) is 7.15. The highest BCUT2D eigenvalue weighted by Crippen LogP contribution is 2.13. The van der Waals surface area contributed by atoms with Crippen LogP contribution in [0.2, 0.25) is 0 Å². The molecule has 0 bridgehead atoms. The number of hydrogen-bond donors (Lipinski definition) is 3. The Morgan fingerprint density at radius 3 is 2.31 bits per heavy atom. The summed E-state index contributed by atoms with van der Waals surface area (Å²) in [6.07, 6.45) is 0. The van der Waals surface area contributed by atoms with Gasteiger partial charge in [-0.25, -0.2) is 0 Å². The van der Waals surface area contributed by atoms with E-state index in [2.05, 4.69) is 4.99 Å². The van der Waals surface area contributed by atoms with Gasteiger partial charge in [0.2, 0.25) is 5.96 Å². The number of nitrogens with one attached hydrogen (secondary N) is 1. The first-order valence-corrected chi connectivity index (χ1v) is 4.66. The molecule has 0 unspecified atom stereocenters. The molecule has 88 valence electrons. The van der Waals surface area contributed by atoms with Gasteiger partial charge in [0.25, 0.3) is 0 Å². The van der Waals surface area contributed by atoms with Crippen LogP contribution in [-0.4, -0.2) is 18.5 Å². The first-order valence-electron chi connectivity index (χ1n) is 4.66. The van der Waals surface area contributed by atoms with Crippen molar-refractivity contribution in [1.29, 1.82) is 5.41 Å². The van der Waals surface area contributed by atoms with E-state index in [9.17, 15) is 0 Å². The zero-order valence-corrected chi connectivity index (χ0v) is 9.87. The predicted octanol–water partition coefficient (Wildman–Crippen LogP) is 1.14. The monoisotopic (exact) mass is 241 g/mol. The van der Waals surface area contributed by atoms with Crippen LogP contribution in [0, 0.1) is 5.41 Å². The van der Waals surface area contributed by atoms with Gasteiger partial charge in [0.15, 0.2) is 5.96 Å². The Bertz CT molecular complexity index is 359. The summed E-state index contributed by atoms with van der Waals surface area (Å²) in [7, 11) is 0. The Morgan fingerprint density at radius 1 is 1.31 bits per heavy atom. The molecule has 0 amide bonds. The average Bonchev–Trinajstić information content (AvgIpc) is 2.19. The minimum atomic E-state index is -0.102. The number of nitrogens with two attached hydrogens (primary N) is 2. The normalized spacial score (nSPS) is 8.81. The van der Waals surface area contributed by atoms with Crippen molar-refractivity contribution in [2.75, 3.05) is 11.4 Å². The Hall–Kier alpha value is -1.75. The molecule has 0 aromatic heterocycles. The van der Waals surface area contributed by atoms with Crippen LogP contribution in [0.3, 0.4) is 0 Å². The summed E-state index contributed by atoms with van der Waals surface area (Å²) >= 11 is 0. The summed E-state index contributed by atoms with van der Waals surface area (Å²) in [6, 6.07) is 9.53. The van der Waals surface area contributed by atoms with Gasteiger partial charge in [0, 0.05) is 12.2 Å². The second-order valence-corrected chi connectivity index (χ2v) is 2.94. The summed E-state index contributed by atoms with van der Waals surface area (Å²) < 4.78 is 0. The van der Waals surface area contributed by atoms with E-state index >= 15 is 0 Å². The van der Waals surface area contributed by atoms with E-state index in [1.54, 1.807) is 4.90 Å². The molecule has 16 heavy (non-hydrogen) atoms. The lowest BCUT2D eigenvalue weighted by molar-refractivity contribution is 1.03. The highest BCUT2D eigenvalue weighted by Gasteiger charge is 2.08. The minimum absolute atomic E-state index is 0. The molecule has 0 aliphatic heterocycles. The van der Waals surface area contributed by atoms with Gasteiger partial charge in [0.05, 0.1) is 0 Å². The second kappa shape index (κ2) is 6.68. The fourth-order valence-electron chi connectivity index (χ4n) is 1.25. The van der Waals surface area contributed by atoms with Gasteiger partial charge in [-0.2, -0.15) is 4.99 Å². The molecule has 1 aromatic carbocycles. The molecule has 0 heterocycles. The standard InChI is InChI=1S/C10H15N5.ClH/c1-2-15(10(13)14-9(11)12)8-6-4-3-5-7-8;/h3-7H,2H2,1H3,(H5,11,12,13,14);1H. The van der Waals surface area contributed by atoms with Crippen molar-refractivity contribution in [1.82, 2.24) is 0 Å². The van der Waals surface area contributed by atoms with Gasteiger partial charge >= 0.3 is 0 Å². The minimum Gasteiger partial charge on any atom is -0.370 e. The zero-order chi connectivity index (χ0) is 11.3. The number of benzene rings is 1. The van der Waals surface area contributed by atoms with E-state index in [1.165, 1.54) is 0 Å². The molecule has 0 fully saturated rings. The van der Waals surface area contributed by atoms with E-state index in [4.69, 9.17) is 16.9 Å². The summed E-state index contributed by atoms with van der Waals surface area (Å²) in [4.78, 5) is 5.41. The van der Waals surface area contributed by atoms with Gasteiger partial charge in [-0.3, -0.25) is 5.41 Å². The van der Waals surface area contributed by atoms with Crippen molar-refractivity contribution in [3.63, 3.8) is 0 Å². The number of guanidine groups is 2. The van der Waals surface area contributed by atoms with E-state index in [0.29, 0.717) is 6.54 Å². The summed E-state index contributed by atoms with van der Waals surface area (Å²) in [6.45, 7) is 2.57. The molecular formula is C10H16ClN5. The lowest BCUT2D eigenvalue weighted by Crippen LogP contribution is -2.33. The van der Waals surface area contributed by atoms with Crippen LogP contribution in [0.1, 0.15) is 6.92 Å². The second-order valence-electron chi connectivity index (χ2n) is 2.94. The van der Waals surface area contributed by atoms with Crippen LogP contribution >= 0.6 is 12.4 Å². The Morgan fingerprint density at radius 2 is 1.88 bits per heavy atom. The lowest BCUT2D eigenvalue weighted by atomic mass is 10.3. The molecule has 5 N–H and O–H groups in total. The van der Waals surface area contributed by atoms with Crippen molar-refractivity contribution in [2.24, 2.45) is 16.5 Å². The van der Waals surface area contributed by atoms with E-state index in [0.717, 1.165) is 5.69 Å². The maximum atomic E-state index is 7.69. The average molecular weight is 242 g/mol. The van der Waals surface area contributed by atoms with Crippen molar-refractivity contribution in [3.8, 4) is 0 Å². The lowest BCUT2D eigenvalue weighted by Gasteiger charge is -2.20. The van der Waals surface area contributed by atoms with Crippen LogP contribution in [0.5, 0.6) is 0 Å². The third kappa shape index (κ3) is 3.78. The van der Waals surface area contributed by atoms with Gasteiger partial charge in [-0.1, -0.05) is 18.2 Å². The summed E-state index contributed by atoms with van der Waals surface area (Å²) in [5.41, 5.74) is 11.3. The smallest absolute Gasteiger partial charge is 0.225 e. The fraction of sp³-hybridized carbons (Fsp3) is 0.200. The van der Waals surface area contributed by atoms with Gasteiger partial charge in [-0.15, -0.1) is 12.4 Å². The first kappa shape index (κ1) is 14.2. The van der Waals surface area contributed by atoms with Gasteiger partial charge in [0.1, 0.15) is 0 Å². The molecule has 0 spiro atoms. The Labute approximate surface area is 101 Å². The molecule has 6 heteroatoms. The number of para-hydroxylation sites is 1. The van der Waals surface area contributed by atoms with E-state index in [-0.39, 0.29) is 24.3 Å². The van der Waals surface area contributed by atoms with Gasteiger partial charge in [-0.05, 0) is 19.1 Å². The zero-order valence-electron chi connectivity index (χ0n) is 9.05. The molecule has 0 aliphatic carbocycles. The van der Waals surface area contributed by atoms with E-state index in [1.807, 2.05) is 37.3 Å². The highest BCUT2D eigenvalue weighted by molar-refractivity contribution is 6.01. The number of hydrogen-bond acceptors (Lipinski definition) is 1. The number of halogens is 1. The van der Waals surface area contributed by atoms with Crippen LogP contribution in [0.25, 0.3) is 0 Å². The van der Waals surface area contributed by atoms with Crippen LogP contribution < -0.4 is 16.4 Å². The van der Waals surface area contributed by atoms with Crippen LogP contribution in [0.4, 0.5) is 5.69 Å². The quantitative estimate of drug-likeness (QED) is 0.536. The van der Waals surface area contributed by atoms with E-state index < -0.39 is 0 Å². The third-order valence-electron chi connectivity index (χ3n) is 1.87. The van der Waals surface area contributed by atoms with Crippen LogP contribution in [0.15, 0.2) is 35.3 Å². The van der Waals surface area contributed by atoms with Crippen molar-refractivity contribution in [2.45, 2.75) is 6.92 Å². The maximum Gasteiger partial charge on any atom is 0.225 e.